The summed E-state index contributed by atoms with van der Waals surface area (Å²) >= 11 is 0. The van der Waals surface area contributed by atoms with Gasteiger partial charge in [-0.05, 0) is 52.9 Å². The van der Waals surface area contributed by atoms with Crippen molar-refractivity contribution in [2.24, 2.45) is 0 Å². The molecule has 216 valence electrons. The number of alkyl halides is 4. The van der Waals surface area contributed by atoms with Crippen LogP contribution in [0.3, 0.4) is 0 Å². The lowest BCUT2D eigenvalue weighted by atomic mass is 9.87. The molecule has 0 saturated carbocycles. The molecule has 8 nitrogen and oxygen atoms in total. The van der Waals surface area contributed by atoms with E-state index in [2.05, 4.69) is 14.5 Å². The number of sulfone groups is 1. The van der Waals surface area contributed by atoms with E-state index in [0.29, 0.717) is 22.3 Å². The molecule has 0 radical (unpaired) electrons. The van der Waals surface area contributed by atoms with Crippen LogP contribution in [0.1, 0.15) is 28.2 Å². The molecule has 4 rings (SSSR count). The highest BCUT2D eigenvalue weighted by Crippen LogP contribution is 2.37. The average molecular weight is 593 g/mol. The lowest BCUT2D eigenvalue weighted by molar-refractivity contribution is -0.605. The lowest BCUT2D eigenvalue weighted by Gasteiger charge is -2.20. The summed E-state index contributed by atoms with van der Waals surface area (Å²) in [5.74, 6) is -1.33. The number of rotatable bonds is 12. The molecule has 2 aromatic heterocycles. The van der Waals surface area contributed by atoms with Crippen LogP contribution < -0.4 is 18.9 Å². The number of aromatic nitrogens is 2. The molecule has 0 amide bonds. The van der Waals surface area contributed by atoms with Gasteiger partial charge in [0, 0.05) is 36.6 Å². The van der Waals surface area contributed by atoms with E-state index in [-0.39, 0.29) is 17.4 Å². The summed E-state index contributed by atoms with van der Waals surface area (Å²) in [6.45, 7) is -6.39. The summed E-state index contributed by atoms with van der Waals surface area (Å²) in [5.41, 5.74) is 2.55. The SMILES string of the molecule is CS(=O)(=O)c1ccc(COc2ccc(C(Cc3cc[n+]([O-])cc3)c3ccc(OC(F)F)c(OC(F)F)c3)cn2)cc1. The first-order valence-corrected chi connectivity index (χ1v) is 14.0. The standard InChI is InChI=1S/C28H24F4N2O6S/c1-41(36,37)22-6-2-19(3-7-22)17-38-26-9-5-21(16-33-26)23(14-18-10-12-34(35)13-11-18)20-4-8-24(39-27(29)30)25(15-20)40-28(31)32/h2-13,15-16,23,27-28H,14,17H2,1H3. The molecular weight excluding hydrogens is 568 g/mol. The van der Waals surface area contributed by atoms with Crippen LogP contribution in [0.15, 0.2) is 90.2 Å². The number of benzene rings is 2. The molecular formula is C28H24F4N2O6S. The van der Waals surface area contributed by atoms with E-state index in [1.165, 1.54) is 42.9 Å². The zero-order valence-electron chi connectivity index (χ0n) is 21.5. The maximum atomic E-state index is 13.0. The molecule has 0 N–H and O–H groups in total. The van der Waals surface area contributed by atoms with E-state index in [0.717, 1.165) is 23.4 Å². The Morgan fingerprint density at radius 2 is 1.46 bits per heavy atom. The van der Waals surface area contributed by atoms with Crippen LogP contribution in [0.4, 0.5) is 17.6 Å². The van der Waals surface area contributed by atoms with Gasteiger partial charge in [0.05, 0.1) is 4.90 Å². The molecule has 4 aromatic rings. The highest BCUT2D eigenvalue weighted by Gasteiger charge is 2.21. The van der Waals surface area contributed by atoms with E-state index in [1.54, 1.807) is 36.4 Å². The summed E-state index contributed by atoms with van der Waals surface area (Å²) in [7, 11) is -3.32. The van der Waals surface area contributed by atoms with Crippen molar-refractivity contribution in [2.45, 2.75) is 37.1 Å². The van der Waals surface area contributed by atoms with E-state index in [1.807, 2.05) is 0 Å². The van der Waals surface area contributed by atoms with Gasteiger partial charge in [-0.2, -0.15) is 22.3 Å². The van der Waals surface area contributed by atoms with Crippen molar-refractivity contribution in [1.82, 2.24) is 4.98 Å². The van der Waals surface area contributed by atoms with Gasteiger partial charge in [0.25, 0.3) is 0 Å². The van der Waals surface area contributed by atoms with Crippen molar-refractivity contribution in [3.8, 4) is 17.4 Å². The Morgan fingerprint density at radius 1 is 0.829 bits per heavy atom. The second-order valence-corrected chi connectivity index (χ2v) is 10.9. The molecule has 0 aliphatic heterocycles. The number of hydrogen-bond donors (Lipinski definition) is 0. The van der Waals surface area contributed by atoms with Gasteiger partial charge < -0.3 is 19.4 Å². The average Bonchev–Trinajstić information content (AvgIpc) is 2.92. The molecule has 0 bridgehead atoms. The van der Waals surface area contributed by atoms with Gasteiger partial charge in [-0.1, -0.05) is 24.3 Å². The molecule has 1 unspecified atom stereocenters. The molecule has 0 aliphatic carbocycles. The first-order valence-electron chi connectivity index (χ1n) is 12.1. The van der Waals surface area contributed by atoms with Crippen LogP contribution in [0.2, 0.25) is 0 Å². The number of nitrogens with zero attached hydrogens (tertiary/aromatic N) is 2. The molecule has 0 saturated heterocycles. The summed E-state index contributed by atoms with van der Waals surface area (Å²) in [6.07, 6.45) is 5.58. The fourth-order valence-corrected chi connectivity index (χ4v) is 4.67. The third kappa shape index (κ3) is 8.30. The van der Waals surface area contributed by atoms with Gasteiger partial charge in [-0.25, -0.2) is 13.4 Å². The maximum Gasteiger partial charge on any atom is 0.387 e. The number of pyridine rings is 2. The Bertz CT molecular complexity index is 1550. The molecule has 1 atom stereocenters. The van der Waals surface area contributed by atoms with Crippen molar-refractivity contribution in [3.63, 3.8) is 0 Å². The zero-order valence-corrected chi connectivity index (χ0v) is 22.3. The fourth-order valence-electron chi connectivity index (χ4n) is 4.04. The Balaban J connectivity index is 1.59. The minimum atomic E-state index is -3.32. The normalized spacial score (nSPS) is 12.4. The van der Waals surface area contributed by atoms with Gasteiger partial charge >= 0.3 is 13.2 Å². The van der Waals surface area contributed by atoms with Crippen LogP contribution in [0.5, 0.6) is 17.4 Å². The predicted molar refractivity (Wildman–Crippen MR) is 139 cm³/mol. The molecule has 41 heavy (non-hydrogen) atoms. The van der Waals surface area contributed by atoms with Gasteiger partial charge in [-0.3, -0.25) is 0 Å². The number of ether oxygens (including phenoxy) is 3. The molecule has 0 aliphatic rings. The van der Waals surface area contributed by atoms with Crippen LogP contribution in [-0.2, 0) is 22.9 Å². The van der Waals surface area contributed by atoms with E-state index < -0.39 is 40.5 Å². The van der Waals surface area contributed by atoms with Crippen molar-refractivity contribution in [2.75, 3.05) is 6.26 Å². The van der Waals surface area contributed by atoms with Crippen LogP contribution >= 0.6 is 0 Å². The Labute approximate surface area is 233 Å². The molecule has 2 heterocycles. The maximum absolute atomic E-state index is 13.0. The van der Waals surface area contributed by atoms with Gasteiger partial charge in [0.1, 0.15) is 6.61 Å². The highest BCUT2D eigenvalue weighted by atomic mass is 32.2. The Hall–Kier alpha value is -4.39. The van der Waals surface area contributed by atoms with Gasteiger partial charge in [-0.15, -0.1) is 0 Å². The lowest BCUT2D eigenvalue weighted by Crippen LogP contribution is -2.24. The van der Waals surface area contributed by atoms with E-state index in [4.69, 9.17) is 4.74 Å². The summed E-state index contributed by atoms with van der Waals surface area (Å²) in [5, 5.41) is 11.5. The van der Waals surface area contributed by atoms with Gasteiger partial charge in [0.2, 0.25) is 5.88 Å². The quantitative estimate of drug-likeness (QED) is 0.125. The first-order chi connectivity index (χ1) is 19.5. The predicted octanol–water partition coefficient (Wildman–Crippen LogP) is 5.27. The van der Waals surface area contributed by atoms with Crippen molar-refractivity contribution < 1.29 is 44.9 Å². The molecule has 0 spiro atoms. The summed E-state index contributed by atoms with van der Waals surface area (Å²) in [6, 6.07) is 16.5. The smallest absolute Gasteiger partial charge is 0.387 e. The molecule has 13 heteroatoms. The fraction of sp³-hybridized carbons (Fsp3) is 0.214. The number of halogens is 4. The first kappa shape index (κ1) is 29.6. The van der Waals surface area contributed by atoms with Crippen LogP contribution in [0.25, 0.3) is 0 Å². The monoisotopic (exact) mass is 592 g/mol. The minimum absolute atomic E-state index is 0.124. The zero-order chi connectivity index (χ0) is 29.6. The van der Waals surface area contributed by atoms with Crippen molar-refractivity contribution in [3.05, 3.63) is 113 Å². The highest BCUT2D eigenvalue weighted by molar-refractivity contribution is 7.90. The Kier molecular flexibility index (Phi) is 9.28. The van der Waals surface area contributed by atoms with Crippen molar-refractivity contribution >= 4 is 9.84 Å². The Morgan fingerprint density at radius 3 is 2.05 bits per heavy atom. The second kappa shape index (κ2) is 12.9. The van der Waals surface area contributed by atoms with Gasteiger partial charge in [0.15, 0.2) is 33.7 Å². The second-order valence-electron chi connectivity index (χ2n) is 8.92. The van der Waals surface area contributed by atoms with Crippen LogP contribution in [-0.4, -0.2) is 32.9 Å². The number of hydrogen-bond acceptors (Lipinski definition) is 7. The molecule has 2 aromatic carbocycles. The van der Waals surface area contributed by atoms with Crippen molar-refractivity contribution in [1.29, 1.82) is 0 Å². The third-order valence-corrected chi connectivity index (χ3v) is 7.14. The van der Waals surface area contributed by atoms with Crippen LogP contribution in [0, 0.1) is 5.21 Å². The molecule has 0 fully saturated rings. The third-order valence-electron chi connectivity index (χ3n) is 6.01. The topological polar surface area (TPSA) is 102 Å². The van der Waals surface area contributed by atoms with E-state index >= 15 is 0 Å². The van der Waals surface area contributed by atoms with E-state index in [9.17, 15) is 31.2 Å². The largest absolute Gasteiger partial charge is 0.619 e. The summed E-state index contributed by atoms with van der Waals surface area (Å²) < 4.78 is 90.1. The minimum Gasteiger partial charge on any atom is -0.619 e. The summed E-state index contributed by atoms with van der Waals surface area (Å²) in [4.78, 5) is 4.52.